The van der Waals surface area contributed by atoms with E-state index in [-0.39, 0.29) is 18.0 Å². The van der Waals surface area contributed by atoms with Crippen LogP contribution in [0.25, 0.3) is 0 Å². The number of nitrogens with zero attached hydrogens (tertiary/aromatic N) is 2. The first kappa shape index (κ1) is 25.4. The molecule has 30 heavy (non-hydrogen) atoms. The number of aliphatic carboxylic acids is 2. The summed E-state index contributed by atoms with van der Waals surface area (Å²) in [6, 6.07) is 4.83. The van der Waals surface area contributed by atoms with Crippen molar-refractivity contribution in [2.24, 2.45) is 0 Å². The van der Waals surface area contributed by atoms with Crippen molar-refractivity contribution in [3.05, 3.63) is 35.4 Å². The fraction of sp³-hybridized carbons (Fsp3) is 0.550. The Morgan fingerprint density at radius 2 is 1.33 bits per heavy atom. The minimum absolute atomic E-state index is 0.0808. The molecule has 0 bridgehead atoms. The van der Waals surface area contributed by atoms with Gasteiger partial charge in [0, 0.05) is 24.7 Å². The van der Waals surface area contributed by atoms with Gasteiger partial charge in [-0.25, -0.2) is 9.59 Å². The first-order valence-corrected chi connectivity index (χ1v) is 9.43. The van der Waals surface area contributed by atoms with Crippen LogP contribution in [0.2, 0.25) is 0 Å². The fourth-order valence-electron chi connectivity index (χ4n) is 3.48. The summed E-state index contributed by atoms with van der Waals surface area (Å²) in [6.07, 6.45) is 0.934. The van der Waals surface area contributed by atoms with Gasteiger partial charge in [-0.1, -0.05) is 19.3 Å². The maximum Gasteiger partial charge on any atom is 0.416 e. The van der Waals surface area contributed by atoms with Crippen LogP contribution in [-0.4, -0.2) is 71.1 Å². The van der Waals surface area contributed by atoms with Gasteiger partial charge in [0.25, 0.3) is 5.91 Å². The zero-order valence-electron chi connectivity index (χ0n) is 17.1. The van der Waals surface area contributed by atoms with E-state index in [1.165, 1.54) is 12.1 Å². The molecule has 0 aliphatic heterocycles. The summed E-state index contributed by atoms with van der Waals surface area (Å²) >= 11 is 0. The van der Waals surface area contributed by atoms with Gasteiger partial charge in [-0.15, -0.1) is 0 Å². The number of alkyl halides is 3. The molecule has 2 N–H and O–H groups in total. The van der Waals surface area contributed by atoms with E-state index in [0.29, 0.717) is 5.56 Å². The molecule has 0 aromatic heterocycles. The van der Waals surface area contributed by atoms with Crippen molar-refractivity contribution >= 4 is 17.8 Å². The Morgan fingerprint density at radius 3 is 1.73 bits per heavy atom. The number of rotatable bonds is 3. The predicted octanol–water partition coefficient (Wildman–Crippen LogP) is 3.20. The Kier molecular flexibility index (Phi) is 9.28. The highest BCUT2D eigenvalue weighted by Crippen LogP contribution is 2.30. The van der Waals surface area contributed by atoms with Gasteiger partial charge in [0.15, 0.2) is 0 Å². The molecule has 0 spiro atoms. The highest BCUT2D eigenvalue weighted by Gasteiger charge is 2.33. The molecule has 1 amide bonds. The largest absolute Gasteiger partial charge is 0.473 e. The van der Waals surface area contributed by atoms with Crippen molar-refractivity contribution in [1.29, 1.82) is 0 Å². The normalized spacial score (nSPS) is 19.3. The number of benzene rings is 1. The first-order valence-electron chi connectivity index (χ1n) is 9.43. The molecule has 1 fully saturated rings. The fourth-order valence-corrected chi connectivity index (χ4v) is 3.48. The van der Waals surface area contributed by atoms with Gasteiger partial charge in [0.2, 0.25) is 0 Å². The van der Waals surface area contributed by atoms with Gasteiger partial charge in [-0.2, -0.15) is 13.2 Å². The number of carbonyl (C=O) groups is 3. The highest BCUT2D eigenvalue weighted by atomic mass is 19.4. The Bertz CT molecular complexity index is 723. The molecular weight excluding hydrogens is 405 g/mol. The summed E-state index contributed by atoms with van der Waals surface area (Å²) in [7, 11) is 5.78. The molecule has 2 atom stereocenters. The summed E-state index contributed by atoms with van der Waals surface area (Å²) in [5.74, 6) is -3.87. The maximum atomic E-state index is 12.7. The molecule has 1 aliphatic rings. The Balaban J connectivity index is 0.000000656. The SMILES string of the molecule is CN(C)[C@@H]1CCCCC[C@H]1N(C)C(=O)c1ccc(C(F)(F)F)cc1.O=C(O)C(=O)O. The number of hydrogen-bond donors (Lipinski definition) is 2. The zero-order chi connectivity index (χ0) is 23.1. The van der Waals surface area contributed by atoms with E-state index in [4.69, 9.17) is 19.8 Å². The third-order valence-corrected chi connectivity index (χ3v) is 5.07. The summed E-state index contributed by atoms with van der Waals surface area (Å²) in [5.41, 5.74) is -0.436. The Morgan fingerprint density at radius 1 is 0.867 bits per heavy atom. The lowest BCUT2D eigenvalue weighted by molar-refractivity contribution is -0.159. The molecule has 1 saturated carbocycles. The lowest BCUT2D eigenvalue weighted by atomic mass is 9.99. The minimum Gasteiger partial charge on any atom is -0.473 e. The third-order valence-electron chi connectivity index (χ3n) is 5.07. The first-order chi connectivity index (χ1) is 13.9. The van der Waals surface area contributed by atoms with Crippen molar-refractivity contribution in [3.8, 4) is 0 Å². The molecular formula is C20H27F3N2O5. The van der Waals surface area contributed by atoms with E-state index in [0.717, 1.165) is 44.2 Å². The Hall–Kier alpha value is -2.62. The minimum atomic E-state index is -4.38. The topological polar surface area (TPSA) is 98.2 Å². The van der Waals surface area contributed by atoms with Crippen molar-refractivity contribution in [3.63, 3.8) is 0 Å². The van der Waals surface area contributed by atoms with Crippen LogP contribution in [0.3, 0.4) is 0 Å². The van der Waals surface area contributed by atoms with E-state index in [2.05, 4.69) is 4.90 Å². The number of carboxylic acids is 2. The van der Waals surface area contributed by atoms with Crippen molar-refractivity contribution in [2.75, 3.05) is 21.1 Å². The summed E-state index contributed by atoms with van der Waals surface area (Å²) < 4.78 is 38.0. The summed E-state index contributed by atoms with van der Waals surface area (Å²) in [4.78, 5) is 34.8. The van der Waals surface area contributed by atoms with Crippen molar-refractivity contribution in [1.82, 2.24) is 9.80 Å². The van der Waals surface area contributed by atoms with Gasteiger partial charge in [0.05, 0.1) is 5.56 Å². The van der Waals surface area contributed by atoms with Crippen LogP contribution in [0.15, 0.2) is 24.3 Å². The van der Waals surface area contributed by atoms with Gasteiger partial charge >= 0.3 is 18.1 Å². The molecule has 0 heterocycles. The number of halogens is 3. The molecule has 0 radical (unpaired) electrons. The molecule has 1 aliphatic carbocycles. The van der Waals surface area contributed by atoms with Crippen LogP contribution in [0.5, 0.6) is 0 Å². The quantitative estimate of drug-likeness (QED) is 0.562. The molecule has 10 heteroatoms. The molecule has 1 aromatic rings. The van der Waals surface area contributed by atoms with Crippen LogP contribution >= 0.6 is 0 Å². The second-order valence-corrected chi connectivity index (χ2v) is 7.34. The van der Waals surface area contributed by atoms with E-state index in [1.807, 2.05) is 14.1 Å². The molecule has 168 valence electrons. The summed E-state index contributed by atoms with van der Waals surface area (Å²) in [5, 5.41) is 14.8. The molecule has 0 unspecified atom stereocenters. The molecule has 1 aromatic carbocycles. The smallest absolute Gasteiger partial charge is 0.416 e. The van der Waals surface area contributed by atoms with Crippen LogP contribution in [0.4, 0.5) is 13.2 Å². The summed E-state index contributed by atoms with van der Waals surface area (Å²) in [6.45, 7) is 0. The zero-order valence-corrected chi connectivity index (χ0v) is 17.1. The number of carbonyl (C=O) groups excluding carboxylic acids is 1. The standard InChI is InChI=1S/C18H25F3N2O.C2H2O4/c1-22(2)15-7-5-4-6-8-16(15)23(3)17(24)13-9-11-14(12-10-13)18(19,20)21;3-1(4)2(5)6/h9-12,15-16H,4-8H2,1-3H3;(H,3,4)(H,5,6)/t15-,16-;/m1./s1. The third kappa shape index (κ3) is 7.33. The number of hydrogen-bond acceptors (Lipinski definition) is 4. The lowest BCUT2D eigenvalue weighted by Gasteiger charge is -2.37. The monoisotopic (exact) mass is 432 g/mol. The number of carboxylic acid groups (broad SMARTS) is 2. The van der Waals surface area contributed by atoms with Crippen LogP contribution in [0.1, 0.15) is 48.0 Å². The van der Waals surface area contributed by atoms with E-state index in [9.17, 15) is 18.0 Å². The average molecular weight is 432 g/mol. The van der Waals surface area contributed by atoms with Gasteiger partial charge in [-0.05, 0) is 51.2 Å². The second kappa shape index (κ2) is 11.0. The van der Waals surface area contributed by atoms with Crippen LogP contribution in [-0.2, 0) is 15.8 Å². The van der Waals surface area contributed by atoms with E-state index in [1.54, 1.807) is 11.9 Å². The van der Waals surface area contributed by atoms with E-state index < -0.39 is 23.7 Å². The number of likely N-dealkylation sites (N-methyl/N-ethyl adjacent to an activating group) is 2. The average Bonchev–Trinajstić information content (AvgIpc) is 2.93. The second-order valence-electron chi connectivity index (χ2n) is 7.34. The van der Waals surface area contributed by atoms with Crippen molar-refractivity contribution in [2.45, 2.75) is 50.4 Å². The van der Waals surface area contributed by atoms with Crippen molar-refractivity contribution < 1.29 is 37.8 Å². The van der Waals surface area contributed by atoms with Crippen LogP contribution < -0.4 is 0 Å². The number of amides is 1. The van der Waals surface area contributed by atoms with E-state index >= 15 is 0 Å². The van der Waals surface area contributed by atoms with Gasteiger partial charge in [0.1, 0.15) is 0 Å². The molecule has 7 nitrogen and oxygen atoms in total. The van der Waals surface area contributed by atoms with Crippen LogP contribution in [0, 0.1) is 0 Å². The maximum absolute atomic E-state index is 12.7. The van der Waals surface area contributed by atoms with Gasteiger partial charge < -0.3 is 20.0 Å². The van der Waals surface area contributed by atoms with Gasteiger partial charge in [-0.3, -0.25) is 4.79 Å². The lowest BCUT2D eigenvalue weighted by Crippen LogP contribution is -2.49. The predicted molar refractivity (Wildman–Crippen MR) is 103 cm³/mol. The molecule has 0 saturated heterocycles. The highest BCUT2D eigenvalue weighted by molar-refractivity contribution is 6.27. The molecule has 2 rings (SSSR count). The Labute approximate surface area is 173 Å².